The molecule has 0 saturated carbocycles. The van der Waals surface area contributed by atoms with Crippen molar-refractivity contribution in [3.05, 3.63) is 134 Å². The molecule has 0 aromatic heterocycles. The molecule has 3 atom stereocenters. The quantitative estimate of drug-likeness (QED) is 0.0212. The van der Waals surface area contributed by atoms with Crippen molar-refractivity contribution in [3.63, 3.8) is 0 Å². The monoisotopic (exact) mass is 1100 g/mol. The fourth-order valence-corrected chi connectivity index (χ4v) is 8.83. The van der Waals surface area contributed by atoms with Gasteiger partial charge >= 0.3 is 5.97 Å². The number of carbonyl (C=O) groups excluding carboxylic acids is 2. The summed E-state index contributed by atoms with van der Waals surface area (Å²) in [6.07, 6.45) is 79.9. The second-order valence-corrected chi connectivity index (χ2v) is 22.9. The van der Waals surface area contributed by atoms with E-state index in [1.807, 2.05) is 33.3 Å². The molecule has 1 N–H and O–H groups in total. The summed E-state index contributed by atoms with van der Waals surface area (Å²) in [4.78, 5) is 40.0. The number of phosphoric acid groups is 1. The number of unbranched alkanes of at least 4 members (excludes halogenated alkanes) is 18. The highest BCUT2D eigenvalue weighted by Crippen LogP contribution is 2.38. The number of likely N-dealkylation sites (N-methyl/N-ethyl adjacent to an activating group) is 1. The second kappa shape index (κ2) is 56.4. The Morgan fingerprint density at radius 1 is 0.462 bits per heavy atom. The van der Waals surface area contributed by atoms with Gasteiger partial charge in [0.15, 0.2) is 0 Å². The van der Waals surface area contributed by atoms with Crippen LogP contribution in [0.25, 0.3) is 0 Å². The van der Waals surface area contributed by atoms with Crippen LogP contribution in [0.2, 0.25) is 0 Å². The van der Waals surface area contributed by atoms with Crippen LogP contribution in [0.15, 0.2) is 134 Å². The van der Waals surface area contributed by atoms with Gasteiger partial charge in [0.1, 0.15) is 19.3 Å². The SMILES string of the molecule is CC/C=C\C/C=C\C/C=C\C/C=C\C/C=C\CCCCCCCC(=O)NC(COP(=O)([O-])OCC[N+](C)(C)C)C(/C=C/CCCCCCCCCCCC)OC(=O)CCCCC/C=C\C/C=C\C/C=C\C/C=C\C/C=C\CC. The first kappa shape index (κ1) is 74.2. The average molecular weight is 1100 g/mol. The van der Waals surface area contributed by atoms with Crippen LogP contribution in [0.4, 0.5) is 0 Å². The molecule has 0 aliphatic heterocycles. The Kier molecular flexibility index (Phi) is 53.6. The number of hydrogen-bond acceptors (Lipinski definition) is 7. The van der Waals surface area contributed by atoms with Gasteiger partial charge in [-0.1, -0.05) is 232 Å². The molecule has 78 heavy (non-hydrogen) atoms. The van der Waals surface area contributed by atoms with E-state index in [4.69, 9.17) is 13.8 Å². The molecule has 0 fully saturated rings. The molecule has 0 aliphatic carbocycles. The second-order valence-electron chi connectivity index (χ2n) is 21.4. The van der Waals surface area contributed by atoms with Gasteiger partial charge in [-0.25, -0.2) is 0 Å². The van der Waals surface area contributed by atoms with Crippen LogP contribution in [0.3, 0.4) is 0 Å². The van der Waals surface area contributed by atoms with E-state index in [1.165, 1.54) is 51.4 Å². The van der Waals surface area contributed by atoms with E-state index < -0.39 is 26.6 Å². The molecule has 3 unspecified atom stereocenters. The van der Waals surface area contributed by atoms with E-state index in [-0.39, 0.29) is 31.3 Å². The van der Waals surface area contributed by atoms with Crippen LogP contribution in [0.5, 0.6) is 0 Å². The summed E-state index contributed by atoms with van der Waals surface area (Å²) in [6.45, 7) is 6.55. The van der Waals surface area contributed by atoms with Gasteiger partial charge in [0.05, 0.1) is 33.8 Å². The summed E-state index contributed by atoms with van der Waals surface area (Å²) in [5.41, 5.74) is 0. The van der Waals surface area contributed by atoms with Gasteiger partial charge in [0, 0.05) is 12.8 Å². The van der Waals surface area contributed by atoms with Gasteiger partial charge in [-0.3, -0.25) is 14.2 Å². The predicted octanol–water partition coefficient (Wildman–Crippen LogP) is 18.6. The van der Waals surface area contributed by atoms with Crippen molar-refractivity contribution in [3.8, 4) is 0 Å². The van der Waals surface area contributed by atoms with Crippen molar-refractivity contribution in [1.82, 2.24) is 5.32 Å². The highest BCUT2D eigenvalue weighted by molar-refractivity contribution is 7.45. The molecule has 0 spiro atoms. The molecule has 0 aromatic rings. The Hall–Kier alpha value is -3.85. The number of nitrogens with one attached hydrogen (secondary N) is 1. The summed E-state index contributed by atoms with van der Waals surface area (Å²) in [5.74, 6) is -0.611. The molecule has 0 saturated heterocycles. The van der Waals surface area contributed by atoms with E-state index in [9.17, 15) is 19.0 Å². The maximum atomic E-state index is 13.5. The average Bonchev–Trinajstić information content (AvgIpc) is 3.40. The molecule has 0 rings (SSSR count). The number of phosphoric ester groups is 1. The Morgan fingerprint density at radius 2 is 0.821 bits per heavy atom. The van der Waals surface area contributed by atoms with Crippen LogP contribution in [-0.4, -0.2) is 69.4 Å². The Morgan fingerprint density at radius 3 is 1.24 bits per heavy atom. The first-order valence-electron chi connectivity index (χ1n) is 31.0. The third-order valence-electron chi connectivity index (χ3n) is 12.8. The summed E-state index contributed by atoms with van der Waals surface area (Å²) in [5, 5.41) is 3.01. The van der Waals surface area contributed by atoms with Crippen molar-refractivity contribution < 1.29 is 37.3 Å². The van der Waals surface area contributed by atoms with Crippen LogP contribution in [0, 0.1) is 0 Å². The zero-order chi connectivity index (χ0) is 57.2. The first-order chi connectivity index (χ1) is 37.9. The van der Waals surface area contributed by atoms with Crippen molar-refractivity contribution in [1.29, 1.82) is 0 Å². The normalized spacial score (nSPS) is 14.6. The van der Waals surface area contributed by atoms with Gasteiger partial charge in [0.25, 0.3) is 7.82 Å². The van der Waals surface area contributed by atoms with E-state index in [1.54, 1.807) is 0 Å². The molecule has 10 heteroatoms. The number of allylic oxidation sites excluding steroid dienone is 21. The molecule has 0 radical (unpaired) electrons. The van der Waals surface area contributed by atoms with Crippen molar-refractivity contribution in [2.24, 2.45) is 0 Å². The van der Waals surface area contributed by atoms with Crippen molar-refractivity contribution in [2.45, 2.75) is 245 Å². The molecule has 0 aromatic carbocycles. The molecule has 0 bridgehead atoms. The van der Waals surface area contributed by atoms with E-state index in [2.05, 4.69) is 148 Å². The maximum absolute atomic E-state index is 13.5. The lowest BCUT2D eigenvalue weighted by Gasteiger charge is -2.30. The Labute approximate surface area is 479 Å². The highest BCUT2D eigenvalue weighted by Gasteiger charge is 2.27. The minimum Gasteiger partial charge on any atom is -0.756 e. The predicted molar refractivity (Wildman–Crippen MR) is 334 cm³/mol. The smallest absolute Gasteiger partial charge is 0.306 e. The van der Waals surface area contributed by atoms with Crippen LogP contribution in [0.1, 0.15) is 233 Å². The lowest BCUT2D eigenvalue weighted by atomic mass is 10.0. The number of ether oxygens (including phenoxy) is 1. The number of quaternary nitrogens is 1. The molecule has 9 nitrogen and oxygen atoms in total. The fraction of sp³-hybridized carbons (Fsp3) is 0.647. The molecule has 0 heterocycles. The number of carbonyl (C=O) groups is 2. The Bertz CT molecular complexity index is 1800. The maximum Gasteiger partial charge on any atom is 0.306 e. The highest BCUT2D eigenvalue weighted by atomic mass is 31.2. The number of amides is 1. The summed E-state index contributed by atoms with van der Waals surface area (Å²) >= 11 is 0. The number of esters is 1. The number of hydrogen-bond donors (Lipinski definition) is 1. The van der Waals surface area contributed by atoms with Gasteiger partial charge in [-0.2, -0.15) is 0 Å². The number of rotatable bonds is 54. The van der Waals surface area contributed by atoms with E-state index in [0.29, 0.717) is 23.9 Å². The summed E-state index contributed by atoms with van der Waals surface area (Å²) in [7, 11) is 1.13. The standard InChI is InChI=1S/C68H115N2O7P/c1-7-10-13-16-19-22-25-28-30-32-34-35-37-38-40-42-45-48-51-54-57-60-67(71)69-65(64-76-78(73,74)75-63-62-70(4,5)6)66(59-56-53-50-47-44-27-24-21-18-15-12-9-3)77-68(72)61-58-55-52-49-46-43-41-39-36-33-31-29-26-23-20-17-14-11-8-2/h10-11,13-14,19-20,22-23,28-31,34-36,38-40,43,46,56,59,65-66H,7-9,12,15-18,21,24-27,32-33,37,41-42,44-45,47-55,57-58,60-64H2,1-6H3,(H-,69,71,73,74)/b13-10-,14-11-,22-19-,23-20-,30-28-,31-29-,35-34-,39-36-,40-38-,46-43-,59-56+. The molecular weight excluding hydrogens is 988 g/mol. The molecule has 1 amide bonds. The fourth-order valence-electron chi connectivity index (χ4n) is 8.10. The summed E-state index contributed by atoms with van der Waals surface area (Å²) in [6, 6.07) is -0.923. The lowest BCUT2D eigenvalue weighted by molar-refractivity contribution is -0.870. The molecular formula is C68H115N2O7P. The van der Waals surface area contributed by atoms with Crippen LogP contribution in [-0.2, 0) is 27.9 Å². The minimum absolute atomic E-state index is 0.0398. The third kappa shape index (κ3) is 56.9. The topological polar surface area (TPSA) is 114 Å². The zero-order valence-corrected chi connectivity index (χ0v) is 51.5. The van der Waals surface area contributed by atoms with Crippen LogP contribution < -0.4 is 10.2 Å². The van der Waals surface area contributed by atoms with Crippen molar-refractivity contribution in [2.75, 3.05) is 40.9 Å². The van der Waals surface area contributed by atoms with Crippen molar-refractivity contribution >= 4 is 19.7 Å². The third-order valence-corrected chi connectivity index (χ3v) is 13.8. The van der Waals surface area contributed by atoms with Gasteiger partial charge < -0.3 is 28.5 Å². The molecule has 444 valence electrons. The summed E-state index contributed by atoms with van der Waals surface area (Å²) < 4.78 is 30.3. The van der Waals surface area contributed by atoms with Gasteiger partial charge in [-0.15, -0.1) is 0 Å². The molecule has 0 aliphatic rings. The Balaban J connectivity index is 5.37. The minimum atomic E-state index is -4.72. The van der Waals surface area contributed by atoms with Gasteiger partial charge in [0.2, 0.25) is 5.91 Å². The largest absolute Gasteiger partial charge is 0.756 e. The van der Waals surface area contributed by atoms with Crippen LogP contribution >= 0.6 is 7.82 Å². The number of nitrogens with zero attached hydrogens (tertiary/aromatic N) is 1. The first-order valence-corrected chi connectivity index (χ1v) is 32.5. The zero-order valence-electron chi connectivity index (χ0n) is 50.6. The lowest BCUT2D eigenvalue weighted by Crippen LogP contribution is -2.47. The van der Waals surface area contributed by atoms with Gasteiger partial charge in [-0.05, 0) is 122 Å². The van der Waals surface area contributed by atoms with E-state index >= 15 is 0 Å². The van der Waals surface area contributed by atoms with E-state index in [0.717, 1.165) is 135 Å².